The molecule has 1 N–H and O–H groups in total. The quantitative estimate of drug-likeness (QED) is 0.793. The molecule has 0 aromatic carbocycles. The molecule has 0 amide bonds. The van der Waals surface area contributed by atoms with Gasteiger partial charge in [-0.15, -0.1) is 0 Å². The monoisotopic (exact) mass is 324 g/mol. The smallest absolute Gasteiger partial charge is 0.255 e. The molecular weight excluding hydrogens is 308 g/mol. The SMILES string of the molecule is Cc1cc(CN2CCc3c(nc(S(C)(=O)=O)[nH]c3=O)C2)no1. The summed E-state index contributed by atoms with van der Waals surface area (Å²) in [6.45, 7) is 3.48. The van der Waals surface area contributed by atoms with Gasteiger partial charge in [-0.1, -0.05) is 5.16 Å². The maximum absolute atomic E-state index is 12.0. The number of hydrogen-bond donors (Lipinski definition) is 1. The predicted octanol–water partition coefficient (Wildman–Crippen LogP) is 0.0281. The van der Waals surface area contributed by atoms with E-state index in [1.807, 2.05) is 13.0 Å². The molecule has 118 valence electrons. The highest BCUT2D eigenvalue weighted by atomic mass is 32.2. The number of fused-ring (bicyclic) bond motifs is 1. The van der Waals surface area contributed by atoms with Gasteiger partial charge in [-0.25, -0.2) is 13.4 Å². The van der Waals surface area contributed by atoms with E-state index in [0.29, 0.717) is 37.3 Å². The average Bonchev–Trinajstić information content (AvgIpc) is 2.82. The van der Waals surface area contributed by atoms with E-state index in [1.165, 1.54) is 0 Å². The predicted molar refractivity (Wildman–Crippen MR) is 77.0 cm³/mol. The van der Waals surface area contributed by atoms with Gasteiger partial charge in [-0.2, -0.15) is 0 Å². The van der Waals surface area contributed by atoms with Crippen molar-refractivity contribution in [3.8, 4) is 0 Å². The number of rotatable bonds is 3. The van der Waals surface area contributed by atoms with E-state index in [0.717, 1.165) is 17.7 Å². The second kappa shape index (κ2) is 5.33. The second-order valence-electron chi connectivity index (χ2n) is 5.46. The Balaban J connectivity index is 1.88. The Morgan fingerprint density at radius 1 is 1.45 bits per heavy atom. The van der Waals surface area contributed by atoms with E-state index in [1.54, 1.807) is 0 Å². The second-order valence-corrected chi connectivity index (χ2v) is 7.39. The molecular formula is C13H16N4O4S. The Bertz CT molecular complexity index is 868. The summed E-state index contributed by atoms with van der Waals surface area (Å²) in [6, 6.07) is 1.85. The fraction of sp³-hybridized carbons (Fsp3) is 0.462. The van der Waals surface area contributed by atoms with Crippen molar-refractivity contribution >= 4 is 9.84 Å². The van der Waals surface area contributed by atoms with Crippen LogP contribution in [-0.4, -0.2) is 41.2 Å². The summed E-state index contributed by atoms with van der Waals surface area (Å²) < 4.78 is 28.2. The zero-order chi connectivity index (χ0) is 15.9. The first kappa shape index (κ1) is 14.9. The van der Waals surface area contributed by atoms with E-state index in [-0.39, 0.29) is 10.7 Å². The van der Waals surface area contributed by atoms with Crippen LogP contribution in [0.15, 0.2) is 20.5 Å². The minimum Gasteiger partial charge on any atom is -0.361 e. The molecule has 0 atom stereocenters. The van der Waals surface area contributed by atoms with Gasteiger partial charge in [0.15, 0.2) is 0 Å². The van der Waals surface area contributed by atoms with Crippen LogP contribution in [0.5, 0.6) is 0 Å². The van der Waals surface area contributed by atoms with Crippen LogP contribution in [0, 0.1) is 6.92 Å². The van der Waals surface area contributed by atoms with Crippen LogP contribution >= 0.6 is 0 Å². The molecule has 0 unspecified atom stereocenters. The molecule has 3 rings (SSSR count). The van der Waals surface area contributed by atoms with Crippen molar-refractivity contribution < 1.29 is 12.9 Å². The minimum absolute atomic E-state index is 0.282. The van der Waals surface area contributed by atoms with E-state index in [4.69, 9.17) is 4.52 Å². The highest BCUT2D eigenvalue weighted by Gasteiger charge is 2.23. The Morgan fingerprint density at radius 3 is 2.86 bits per heavy atom. The Morgan fingerprint density at radius 2 is 2.23 bits per heavy atom. The summed E-state index contributed by atoms with van der Waals surface area (Å²) in [6.07, 6.45) is 1.55. The lowest BCUT2D eigenvalue weighted by Crippen LogP contribution is -2.35. The zero-order valence-electron chi connectivity index (χ0n) is 12.3. The number of hydrogen-bond acceptors (Lipinski definition) is 7. The molecule has 1 aliphatic heterocycles. The first-order chi connectivity index (χ1) is 10.3. The van der Waals surface area contributed by atoms with Crippen LogP contribution in [0.2, 0.25) is 0 Å². The first-order valence-corrected chi connectivity index (χ1v) is 8.69. The largest absolute Gasteiger partial charge is 0.361 e. The summed E-state index contributed by atoms with van der Waals surface area (Å²) in [4.78, 5) is 20.5. The molecule has 0 spiro atoms. The molecule has 8 nitrogen and oxygen atoms in total. The summed E-state index contributed by atoms with van der Waals surface area (Å²) in [5.74, 6) is 0.737. The maximum Gasteiger partial charge on any atom is 0.255 e. The number of aryl methyl sites for hydroxylation is 1. The van der Waals surface area contributed by atoms with Gasteiger partial charge in [-0.05, 0) is 13.3 Å². The topological polar surface area (TPSA) is 109 Å². The average molecular weight is 324 g/mol. The third-order valence-corrected chi connectivity index (χ3v) is 4.44. The molecule has 3 heterocycles. The van der Waals surface area contributed by atoms with E-state index >= 15 is 0 Å². The van der Waals surface area contributed by atoms with Crippen molar-refractivity contribution in [2.75, 3.05) is 12.8 Å². The van der Waals surface area contributed by atoms with Gasteiger partial charge in [0.1, 0.15) is 5.76 Å². The van der Waals surface area contributed by atoms with Gasteiger partial charge >= 0.3 is 0 Å². The third-order valence-electron chi connectivity index (χ3n) is 3.54. The zero-order valence-corrected chi connectivity index (χ0v) is 13.1. The molecule has 2 aromatic rings. The van der Waals surface area contributed by atoms with Gasteiger partial charge in [0, 0.05) is 37.5 Å². The lowest BCUT2D eigenvalue weighted by Gasteiger charge is -2.26. The molecule has 0 bridgehead atoms. The van der Waals surface area contributed by atoms with E-state index in [9.17, 15) is 13.2 Å². The van der Waals surface area contributed by atoms with Gasteiger partial charge in [0.25, 0.3) is 5.56 Å². The van der Waals surface area contributed by atoms with Crippen LogP contribution in [-0.2, 0) is 29.3 Å². The third kappa shape index (κ3) is 2.95. The minimum atomic E-state index is -3.54. The van der Waals surface area contributed by atoms with Gasteiger partial charge in [0.2, 0.25) is 15.0 Å². The number of H-pyrrole nitrogens is 1. The van der Waals surface area contributed by atoms with Gasteiger partial charge in [-0.3, -0.25) is 14.7 Å². The normalized spacial score (nSPS) is 15.7. The Kier molecular flexibility index (Phi) is 3.61. The van der Waals surface area contributed by atoms with E-state index < -0.39 is 9.84 Å². The summed E-state index contributed by atoms with van der Waals surface area (Å²) >= 11 is 0. The molecule has 0 fully saturated rings. The van der Waals surface area contributed by atoms with Crippen LogP contribution < -0.4 is 5.56 Å². The van der Waals surface area contributed by atoms with Crippen molar-refractivity contribution in [1.29, 1.82) is 0 Å². The molecule has 0 aliphatic carbocycles. The van der Waals surface area contributed by atoms with Crippen LogP contribution in [0.3, 0.4) is 0 Å². The molecule has 0 saturated carbocycles. The summed E-state index contributed by atoms with van der Waals surface area (Å²) in [7, 11) is -3.54. The first-order valence-electron chi connectivity index (χ1n) is 6.79. The molecule has 9 heteroatoms. The number of aromatic nitrogens is 3. The lowest BCUT2D eigenvalue weighted by molar-refractivity contribution is 0.231. The van der Waals surface area contributed by atoms with Crippen molar-refractivity contribution in [2.24, 2.45) is 0 Å². The van der Waals surface area contributed by atoms with Crippen molar-refractivity contribution in [3.05, 3.63) is 39.1 Å². The number of nitrogens with zero attached hydrogens (tertiary/aromatic N) is 3. The molecule has 0 radical (unpaired) electrons. The molecule has 2 aromatic heterocycles. The van der Waals surface area contributed by atoms with Crippen LogP contribution in [0.1, 0.15) is 22.7 Å². The Hall–Kier alpha value is -2.00. The lowest BCUT2D eigenvalue weighted by atomic mass is 10.1. The van der Waals surface area contributed by atoms with Gasteiger partial charge in [0.05, 0.1) is 11.4 Å². The Labute approximate surface area is 127 Å². The highest BCUT2D eigenvalue weighted by Crippen LogP contribution is 2.17. The molecule has 1 aliphatic rings. The van der Waals surface area contributed by atoms with E-state index in [2.05, 4.69) is 20.0 Å². The summed E-state index contributed by atoms with van der Waals surface area (Å²) in [5.41, 5.74) is 1.49. The van der Waals surface area contributed by atoms with Gasteiger partial charge < -0.3 is 4.52 Å². The standard InChI is InChI=1S/C13H16N4O4S/c1-8-5-9(16-21-8)6-17-4-3-10-11(7-17)14-13(15-12(10)18)22(2,19)20/h5H,3-4,6-7H2,1-2H3,(H,14,15,18). The number of nitrogens with one attached hydrogen (secondary N) is 1. The fourth-order valence-corrected chi connectivity index (χ4v) is 3.06. The summed E-state index contributed by atoms with van der Waals surface area (Å²) in [5, 5.41) is 3.66. The van der Waals surface area contributed by atoms with Crippen molar-refractivity contribution in [2.45, 2.75) is 31.6 Å². The maximum atomic E-state index is 12.0. The molecule has 0 saturated heterocycles. The fourth-order valence-electron chi connectivity index (χ4n) is 2.50. The van der Waals surface area contributed by atoms with Crippen LogP contribution in [0.4, 0.5) is 0 Å². The number of sulfone groups is 1. The highest BCUT2D eigenvalue weighted by molar-refractivity contribution is 7.90. The number of aromatic amines is 1. The van der Waals surface area contributed by atoms with Crippen molar-refractivity contribution in [3.63, 3.8) is 0 Å². The van der Waals surface area contributed by atoms with Crippen LogP contribution in [0.25, 0.3) is 0 Å². The van der Waals surface area contributed by atoms with Crippen molar-refractivity contribution in [1.82, 2.24) is 20.0 Å². The molecule has 22 heavy (non-hydrogen) atoms.